The number of aryl methyl sites for hydroxylation is 4. The minimum atomic E-state index is 0. The van der Waals surface area contributed by atoms with Crippen molar-refractivity contribution in [3.05, 3.63) is 59.7 Å². The largest absolute Gasteiger partial charge is 2.00 e. The van der Waals surface area contributed by atoms with Gasteiger partial charge in [0, 0.05) is 22.8 Å². The minimum absolute atomic E-state index is 0. The molecule has 0 atom stereocenters. The molecular formula is C18H18N8Pt. The average Bonchev–Trinajstić information content (AvgIpc) is 3.24. The fourth-order valence-electron chi connectivity index (χ4n) is 2.22. The number of rotatable bonds is 2. The Morgan fingerprint density at radius 3 is 1.26 bits per heavy atom. The summed E-state index contributed by atoms with van der Waals surface area (Å²) in [5, 5.41) is 15.8. The van der Waals surface area contributed by atoms with E-state index < -0.39 is 0 Å². The Hall–Kier alpha value is -2.73. The van der Waals surface area contributed by atoms with Crippen molar-refractivity contribution in [2.45, 2.75) is 27.7 Å². The van der Waals surface area contributed by atoms with Gasteiger partial charge in [-0.3, -0.25) is 0 Å². The van der Waals surface area contributed by atoms with E-state index in [1.165, 1.54) is 12.7 Å². The molecule has 0 saturated heterocycles. The number of aromatic nitrogens is 8. The van der Waals surface area contributed by atoms with Gasteiger partial charge in [0.15, 0.2) is 0 Å². The first kappa shape index (κ1) is 20.6. The molecule has 4 rings (SSSR count). The summed E-state index contributed by atoms with van der Waals surface area (Å²) in [5.41, 5.74) is 6.96. The van der Waals surface area contributed by atoms with Gasteiger partial charge in [-0.25, -0.2) is 19.9 Å². The molecule has 0 saturated carbocycles. The normalized spacial score (nSPS) is 9.93. The van der Waals surface area contributed by atoms with E-state index in [9.17, 15) is 0 Å². The van der Waals surface area contributed by atoms with Gasteiger partial charge in [-0.2, -0.15) is 0 Å². The van der Waals surface area contributed by atoms with Gasteiger partial charge in [0.25, 0.3) is 0 Å². The molecule has 0 unspecified atom stereocenters. The van der Waals surface area contributed by atoms with Crippen molar-refractivity contribution < 1.29 is 21.1 Å². The molecule has 140 valence electrons. The number of hydrogen-bond donors (Lipinski definition) is 0. The quantitative estimate of drug-likeness (QED) is 0.381. The second kappa shape index (κ2) is 9.28. The molecule has 0 fully saturated rings. The average molecular weight is 541 g/mol. The van der Waals surface area contributed by atoms with Gasteiger partial charge in [0.1, 0.15) is 12.7 Å². The molecule has 4 aromatic heterocycles. The zero-order valence-corrected chi connectivity index (χ0v) is 17.6. The first-order valence-electron chi connectivity index (χ1n) is 8.03. The zero-order valence-electron chi connectivity index (χ0n) is 15.4. The van der Waals surface area contributed by atoms with Crippen molar-refractivity contribution in [3.8, 4) is 22.8 Å². The Morgan fingerprint density at radius 1 is 0.556 bits per heavy atom. The van der Waals surface area contributed by atoms with Crippen molar-refractivity contribution in [2.24, 2.45) is 0 Å². The maximum atomic E-state index is 4.11. The van der Waals surface area contributed by atoms with Crippen LogP contribution in [0, 0.1) is 27.7 Å². The van der Waals surface area contributed by atoms with Crippen molar-refractivity contribution >= 4 is 0 Å². The monoisotopic (exact) mass is 541 g/mol. The molecule has 4 heterocycles. The SMILES string of the molecule is Cc1cc(-c2cc(C)n[n-]2)ncn1.Cc1cc(-c2cc(C)n[n-]2)ncn1.[Pt+2]. The van der Waals surface area contributed by atoms with Gasteiger partial charge >= 0.3 is 21.1 Å². The minimum Gasteiger partial charge on any atom is -0.574 e. The Morgan fingerprint density at radius 2 is 0.963 bits per heavy atom. The van der Waals surface area contributed by atoms with Gasteiger partial charge in [0.2, 0.25) is 0 Å². The summed E-state index contributed by atoms with van der Waals surface area (Å²) in [5.74, 6) is 0. The first-order chi connectivity index (χ1) is 12.5. The van der Waals surface area contributed by atoms with Gasteiger partial charge in [-0.05, 0) is 39.8 Å². The first-order valence-corrected chi connectivity index (χ1v) is 8.03. The molecule has 9 heteroatoms. The smallest absolute Gasteiger partial charge is 0.574 e. The third kappa shape index (κ3) is 5.62. The fourth-order valence-corrected chi connectivity index (χ4v) is 2.22. The molecule has 0 aromatic carbocycles. The van der Waals surface area contributed by atoms with Crippen LogP contribution in [0.3, 0.4) is 0 Å². The Kier molecular flexibility index (Phi) is 7.07. The standard InChI is InChI=1S/2C9H9N4.Pt/c2*1-6-3-8(11-5-10-6)9-4-7(2)12-13-9;/h2*3-5H,1-2H3;/q2*-1;+2. The summed E-state index contributed by atoms with van der Waals surface area (Å²) in [6, 6.07) is 7.59. The van der Waals surface area contributed by atoms with E-state index in [0.717, 1.165) is 45.6 Å². The predicted octanol–water partition coefficient (Wildman–Crippen LogP) is 2.22. The molecule has 0 N–H and O–H groups in total. The van der Waals surface area contributed by atoms with Gasteiger partial charge in [0.05, 0.1) is 11.4 Å². The van der Waals surface area contributed by atoms with Crippen LogP contribution in [0.15, 0.2) is 36.9 Å². The summed E-state index contributed by atoms with van der Waals surface area (Å²) >= 11 is 0. The van der Waals surface area contributed by atoms with Crippen LogP contribution < -0.4 is 10.2 Å². The molecule has 0 aliphatic heterocycles. The van der Waals surface area contributed by atoms with Gasteiger partial charge < -0.3 is 20.4 Å². The van der Waals surface area contributed by atoms with E-state index in [1.807, 2.05) is 52.0 Å². The summed E-state index contributed by atoms with van der Waals surface area (Å²) in [6.45, 7) is 7.66. The van der Waals surface area contributed by atoms with Crippen LogP contribution in [0.5, 0.6) is 0 Å². The van der Waals surface area contributed by atoms with Crippen LogP contribution >= 0.6 is 0 Å². The predicted molar refractivity (Wildman–Crippen MR) is 96.1 cm³/mol. The second-order valence-electron chi connectivity index (χ2n) is 5.83. The summed E-state index contributed by atoms with van der Waals surface area (Å²) < 4.78 is 0. The van der Waals surface area contributed by atoms with E-state index in [4.69, 9.17) is 0 Å². The molecule has 0 bridgehead atoms. The third-order valence-corrected chi connectivity index (χ3v) is 3.45. The molecular weight excluding hydrogens is 523 g/mol. The molecule has 27 heavy (non-hydrogen) atoms. The van der Waals surface area contributed by atoms with Crippen LogP contribution in [-0.4, -0.2) is 30.1 Å². The van der Waals surface area contributed by atoms with Crippen LogP contribution in [0.1, 0.15) is 22.8 Å². The van der Waals surface area contributed by atoms with Crippen molar-refractivity contribution in [1.82, 2.24) is 40.3 Å². The maximum Gasteiger partial charge on any atom is 2.00 e. The molecule has 0 spiro atoms. The number of nitrogens with zero attached hydrogens (tertiary/aromatic N) is 8. The zero-order chi connectivity index (χ0) is 18.5. The second-order valence-corrected chi connectivity index (χ2v) is 5.83. The molecule has 8 nitrogen and oxygen atoms in total. The number of hydrogen-bond acceptors (Lipinski definition) is 6. The fraction of sp³-hybridized carbons (Fsp3) is 0.222. The molecule has 0 aliphatic carbocycles. The van der Waals surface area contributed by atoms with E-state index in [0.29, 0.717) is 0 Å². The molecule has 0 aliphatic rings. The third-order valence-electron chi connectivity index (χ3n) is 3.45. The van der Waals surface area contributed by atoms with Crippen LogP contribution in [0.25, 0.3) is 22.8 Å². The van der Waals surface area contributed by atoms with E-state index in [1.54, 1.807) is 0 Å². The molecule has 0 radical (unpaired) electrons. The summed E-state index contributed by atoms with van der Waals surface area (Å²) in [7, 11) is 0. The van der Waals surface area contributed by atoms with Gasteiger partial charge in [-0.15, -0.1) is 0 Å². The Labute approximate surface area is 171 Å². The van der Waals surface area contributed by atoms with Crippen LogP contribution in [-0.2, 0) is 21.1 Å². The van der Waals surface area contributed by atoms with E-state index in [-0.39, 0.29) is 21.1 Å². The van der Waals surface area contributed by atoms with E-state index in [2.05, 4.69) is 40.3 Å². The Balaban J connectivity index is 0.000000187. The van der Waals surface area contributed by atoms with Crippen molar-refractivity contribution in [3.63, 3.8) is 0 Å². The maximum absolute atomic E-state index is 4.11. The van der Waals surface area contributed by atoms with Crippen molar-refractivity contribution in [1.29, 1.82) is 0 Å². The summed E-state index contributed by atoms with van der Waals surface area (Å²) in [6.07, 6.45) is 3.07. The Bertz CT molecular complexity index is 926. The molecule has 4 aromatic rings. The van der Waals surface area contributed by atoms with Crippen LogP contribution in [0.2, 0.25) is 0 Å². The van der Waals surface area contributed by atoms with E-state index >= 15 is 0 Å². The van der Waals surface area contributed by atoms with Crippen molar-refractivity contribution in [2.75, 3.05) is 0 Å². The van der Waals surface area contributed by atoms with Crippen LogP contribution in [0.4, 0.5) is 0 Å². The van der Waals surface area contributed by atoms with Gasteiger partial charge in [-0.1, -0.05) is 23.5 Å². The molecule has 0 amide bonds. The topological polar surface area (TPSA) is 106 Å². The summed E-state index contributed by atoms with van der Waals surface area (Å²) in [4.78, 5) is 16.2.